The highest BCUT2D eigenvalue weighted by Gasteiger charge is 2.64. The van der Waals surface area contributed by atoms with Crippen molar-refractivity contribution in [3.8, 4) is 0 Å². The van der Waals surface area contributed by atoms with Gasteiger partial charge in [-0.3, -0.25) is 4.79 Å². The Labute approximate surface area is 162 Å². The third kappa shape index (κ3) is 3.22. The number of hydrogen-bond donors (Lipinski definition) is 2. The average Bonchev–Trinajstić information content (AvgIpc) is 3.28. The van der Waals surface area contributed by atoms with Gasteiger partial charge < -0.3 is 14.9 Å². The molecule has 3 aliphatic rings. The Balaban J connectivity index is 1.95. The van der Waals surface area contributed by atoms with E-state index in [0.717, 1.165) is 25.9 Å². The van der Waals surface area contributed by atoms with Crippen LogP contribution < -0.4 is 0 Å². The number of carboxylic acids is 2. The second-order valence-corrected chi connectivity index (χ2v) is 10.4. The molecule has 1 saturated heterocycles. The molecule has 1 aliphatic heterocycles. The maximum atomic E-state index is 11.8. The van der Waals surface area contributed by atoms with E-state index in [-0.39, 0.29) is 27.9 Å². The largest absolute Gasteiger partial charge is 0.481 e. The lowest BCUT2D eigenvalue weighted by Crippen LogP contribution is -2.54. The lowest BCUT2D eigenvalue weighted by molar-refractivity contribution is -0.148. The summed E-state index contributed by atoms with van der Waals surface area (Å²) in [5, 5.41) is 19.1. The Morgan fingerprint density at radius 3 is 2.30 bits per heavy atom. The summed E-state index contributed by atoms with van der Waals surface area (Å²) >= 11 is 0. The predicted octanol–water partition coefficient (Wildman–Crippen LogP) is 4.51. The molecule has 0 bridgehead atoms. The van der Waals surface area contributed by atoms with Crippen LogP contribution in [0.15, 0.2) is 11.6 Å². The number of allylic oxidation sites excluding steroid dienone is 1. The molecule has 5 nitrogen and oxygen atoms in total. The Bertz CT molecular complexity index is 670. The Kier molecular flexibility index (Phi) is 4.78. The van der Waals surface area contributed by atoms with Crippen molar-refractivity contribution in [2.24, 2.45) is 28.1 Å². The molecule has 1 spiro atoms. The third-order valence-electron chi connectivity index (χ3n) is 8.07. The molecule has 2 aliphatic carbocycles. The molecule has 27 heavy (non-hydrogen) atoms. The first-order valence-electron chi connectivity index (χ1n) is 10.2. The van der Waals surface area contributed by atoms with Crippen LogP contribution in [-0.2, 0) is 14.3 Å². The number of aliphatic carboxylic acids is 2. The van der Waals surface area contributed by atoms with E-state index >= 15 is 0 Å². The number of hydrogen-bond acceptors (Lipinski definition) is 3. The van der Waals surface area contributed by atoms with Crippen molar-refractivity contribution in [1.29, 1.82) is 0 Å². The first-order chi connectivity index (χ1) is 12.4. The molecule has 3 rings (SSSR count). The number of carboxylic acid groups (broad SMARTS) is 2. The number of ether oxygens (including phenoxy) is 1. The van der Waals surface area contributed by atoms with Crippen molar-refractivity contribution in [3.63, 3.8) is 0 Å². The minimum atomic E-state index is -1.41. The quantitative estimate of drug-likeness (QED) is 0.543. The summed E-state index contributed by atoms with van der Waals surface area (Å²) in [4.78, 5) is 23.4. The maximum Gasteiger partial charge on any atom is 0.332 e. The molecule has 0 radical (unpaired) electrons. The molecular formula is C22H34O5. The highest BCUT2D eigenvalue weighted by molar-refractivity contribution is 5.96. The van der Waals surface area contributed by atoms with Crippen LogP contribution in [0.1, 0.15) is 73.1 Å². The highest BCUT2D eigenvalue weighted by Crippen LogP contribution is 2.66. The molecule has 0 aromatic heterocycles. The van der Waals surface area contributed by atoms with Gasteiger partial charge in [0.15, 0.2) is 0 Å². The number of epoxide rings is 1. The second-order valence-electron chi connectivity index (χ2n) is 10.4. The van der Waals surface area contributed by atoms with E-state index in [9.17, 15) is 19.8 Å². The predicted molar refractivity (Wildman–Crippen MR) is 102 cm³/mol. The Hall–Kier alpha value is -1.36. The summed E-state index contributed by atoms with van der Waals surface area (Å²) in [6.45, 7) is 10.8. The van der Waals surface area contributed by atoms with Crippen LogP contribution >= 0.6 is 0 Å². The molecule has 152 valence electrons. The molecule has 0 aromatic rings. The van der Waals surface area contributed by atoms with Gasteiger partial charge >= 0.3 is 11.9 Å². The van der Waals surface area contributed by atoms with E-state index < -0.39 is 17.4 Å². The van der Waals surface area contributed by atoms with Crippen LogP contribution in [0, 0.1) is 28.1 Å². The molecule has 1 heterocycles. The zero-order valence-electron chi connectivity index (χ0n) is 17.3. The van der Waals surface area contributed by atoms with Gasteiger partial charge in [-0.1, -0.05) is 33.3 Å². The van der Waals surface area contributed by atoms with Crippen molar-refractivity contribution in [2.75, 3.05) is 6.61 Å². The summed E-state index contributed by atoms with van der Waals surface area (Å²) < 4.78 is 5.96. The highest BCUT2D eigenvalue weighted by atomic mass is 16.6. The number of rotatable bonds is 5. The maximum absolute atomic E-state index is 11.8. The van der Waals surface area contributed by atoms with E-state index in [4.69, 9.17) is 4.74 Å². The zero-order chi connectivity index (χ0) is 20.3. The van der Waals surface area contributed by atoms with Crippen molar-refractivity contribution >= 4 is 11.9 Å². The van der Waals surface area contributed by atoms with Gasteiger partial charge in [-0.2, -0.15) is 0 Å². The van der Waals surface area contributed by atoms with Crippen LogP contribution in [0.2, 0.25) is 0 Å². The molecule has 1 unspecified atom stereocenters. The normalized spacial score (nSPS) is 38.3. The van der Waals surface area contributed by atoms with Gasteiger partial charge in [-0.15, -0.1) is 0 Å². The van der Waals surface area contributed by atoms with Gasteiger partial charge in [-0.25, -0.2) is 4.79 Å². The van der Waals surface area contributed by atoms with Crippen molar-refractivity contribution in [3.05, 3.63) is 11.6 Å². The minimum Gasteiger partial charge on any atom is -0.481 e. The molecular weight excluding hydrogens is 344 g/mol. The SMILES string of the molecule is CC(C)(C(=O)O)C(=CC[C@H]1[C@]2(CCC3C(C)(C)CCC[C@@]31C)CO2)C(=O)O. The lowest BCUT2D eigenvalue weighted by atomic mass is 9.46. The van der Waals surface area contributed by atoms with Crippen LogP contribution in [0.5, 0.6) is 0 Å². The lowest BCUT2D eigenvalue weighted by Gasteiger charge is -2.59. The standard InChI is InChI=1S/C22H34O5/c1-19(2)10-6-11-21(5)15(19)9-12-22(13-27-22)16(21)8-7-14(17(23)24)20(3,4)18(25)26/h7,15-16H,6,8-13H2,1-5H3,(H,23,24)(H,25,26)/t15?,16-,21+,22+/m1/s1. The second kappa shape index (κ2) is 6.33. The van der Waals surface area contributed by atoms with Crippen LogP contribution in [0.25, 0.3) is 0 Å². The first-order valence-corrected chi connectivity index (χ1v) is 10.2. The Morgan fingerprint density at radius 2 is 1.78 bits per heavy atom. The van der Waals surface area contributed by atoms with Crippen LogP contribution in [-0.4, -0.2) is 34.4 Å². The van der Waals surface area contributed by atoms with Crippen molar-refractivity contribution in [2.45, 2.75) is 78.7 Å². The summed E-state index contributed by atoms with van der Waals surface area (Å²) in [7, 11) is 0. The fraction of sp³-hybridized carbons (Fsp3) is 0.818. The molecule has 0 amide bonds. The molecule has 3 fully saturated rings. The first kappa shape index (κ1) is 20.4. The minimum absolute atomic E-state index is 0.0217. The fourth-order valence-corrected chi connectivity index (χ4v) is 6.35. The average molecular weight is 379 g/mol. The van der Waals surface area contributed by atoms with Gasteiger partial charge in [0.2, 0.25) is 0 Å². The van der Waals surface area contributed by atoms with Crippen molar-refractivity contribution in [1.82, 2.24) is 0 Å². The molecule has 2 N–H and O–H groups in total. The summed E-state index contributed by atoms with van der Waals surface area (Å²) in [5.74, 6) is -1.43. The monoisotopic (exact) mass is 378 g/mol. The molecule has 4 atom stereocenters. The van der Waals surface area contributed by atoms with Gasteiger partial charge in [0.1, 0.15) is 0 Å². The molecule has 5 heteroatoms. The van der Waals surface area contributed by atoms with Gasteiger partial charge in [-0.05, 0) is 68.6 Å². The van der Waals surface area contributed by atoms with E-state index in [1.807, 2.05) is 0 Å². The smallest absolute Gasteiger partial charge is 0.332 e. The van der Waals surface area contributed by atoms with Crippen molar-refractivity contribution < 1.29 is 24.5 Å². The topological polar surface area (TPSA) is 87.1 Å². The summed E-state index contributed by atoms with van der Waals surface area (Å²) in [6.07, 6.45) is 7.99. The van der Waals surface area contributed by atoms with Gasteiger partial charge in [0.05, 0.1) is 17.6 Å². The summed E-state index contributed by atoms with van der Waals surface area (Å²) in [5.41, 5.74) is -1.19. The third-order valence-corrected chi connectivity index (χ3v) is 8.07. The van der Waals surface area contributed by atoms with Gasteiger partial charge in [0, 0.05) is 5.57 Å². The van der Waals surface area contributed by atoms with Crippen LogP contribution in [0.4, 0.5) is 0 Å². The Morgan fingerprint density at radius 1 is 1.15 bits per heavy atom. The fourth-order valence-electron chi connectivity index (χ4n) is 6.35. The van der Waals surface area contributed by atoms with E-state index in [1.165, 1.54) is 26.7 Å². The van der Waals surface area contributed by atoms with Gasteiger partial charge in [0.25, 0.3) is 0 Å². The van der Waals surface area contributed by atoms with E-state index in [1.54, 1.807) is 6.08 Å². The van der Waals surface area contributed by atoms with E-state index in [2.05, 4.69) is 20.8 Å². The number of carbonyl (C=O) groups is 2. The number of fused-ring (bicyclic) bond motifs is 1. The molecule has 0 aromatic carbocycles. The van der Waals surface area contributed by atoms with E-state index in [0.29, 0.717) is 12.3 Å². The van der Waals surface area contributed by atoms with Crippen LogP contribution in [0.3, 0.4) is 0 Å². The summed E-state index contributed by atoms with van der Waals surface area (Å²) in [6, 6.07) is 0. The zero-order valence-corrected chi connectivity index (χ0v) is 17.3. The molecule has 2 saturated carbocycles.